The first kappa shape index (κ1) is 11.3. The van der Waals surface area contributed by atoms with E-state index in [1.165, 1.54) is 0 Å². The summed E-state index contributed by atoms with van der Waals surface area (Å²) in [7, 11) is 3.90. The van der Waals surface area contributed by atoms with Gasteiger partial charge >= 0.3 is 0 Å². The predicted molar refractivity (Wildman–Crippen MR) is 67.9 cm³/mol. The summed E-state index contributed by atoms with van der Waals surface area (Å²) in [6, 6.07) is 5.85. The number of anilines is 2. The number of hydrogen-bond acceptors (Lipinski definition) is 5. The zero-order chi connectivity index (χ0) is 12.1. The molecular formula is C12H15N5. The van der Waals surface area contributed by atoms with E-state index < -0.39 is 0 Å². The lowest BCUT2D eigenvalue weighted by molar-refractivity contribution is 1.02. The Morgan fingerprint density at radius 1 is 1.29 bits per heavy atom. The maximum atomic E-state index is 4.17. The van der Waals surface area contributed by atoms with E-state index in [0.717, 1.165) is 17.2 Å². The SMILES string of the molecule is CN(C)c1cc(NCc2cccnc2)ncn1. The fraction of sp³-hybridized carbons (Fsp3) is 0.250. The molecule has 1 N–H and O–H groups in total. The molecule has 0 bridgehead atoms. The first-order chi connectivity index (χ1) is 8.25. The van der Waals surface area contributed by atoms with Crippen molar-refractivity contribution in [3.8, 4) is 0 Å². The third kappa shape index (κ3) is 3.14. The summed E-state index contributed by atoms with van der Waals surface area (Å²) in [5.41, 5.74) is 1.12. The third-order valence-corrected chi connectivity index (χ3v) is 2.31. The maximum Gasteiger partial charge on any atom is 0.133 e. The minimum atomic E-state index is 0.706. The van der Waals surface area contributed by atoms with Gasteiger partial charge in [-0.05, 0) is 11.6 Å². The number of aromatic nitrogens is 3. The van der Waals surface area contributed by atoms with E-state index in [1.807, 2.05) is 43.4 Å². The summed E-state index contributed by atoms with van der Waals surface area (Å²) in [4.78, 5) is 14.3. The van der Waals surface area contributed by atoms with E-state index in [9.17, 15) is 0 Å². The summed E-state index contributed by atoms with van der Waals surface area (Å²) in [6.45, 7) is 0.706. The minimum Gasteiger partial charge on any atom is -0.366 e. The van der Waals surface area contributed by atoms with Crippen molar-refractivity contribution in [1.29, 1.82) is 0 Å². The van der Waals surface area contributed by atoms with Gasteiger partial charge in [-0.2, -0.15) is 0 Å². The average Bonchev–Trinajstić information content (AvgIpc) is 2.38. The molecule has 0 saturated heterocycles. The highest BCUT2D eigenvalue weighted by Crippen LogP contribution is 2.11. The molecule has 0 aliphatic heterocycles. The molecule has 0 aromatic carbocycles. The van der Waals surface area contributed by atoms with Gasteiger partial charge in [-0.1, -0.05) is 6.07 Å². The van der Waals surface area contributed by atoms with E-state index in [-0.39, 0.29) is 0 Å². The van der Waals surface area contributed by atoms with Crippen LogP contribution in [0.3, 0.4) is 0 Å². The average molecular weight is 229 g/mol. The number of pyridine rings is 1. The van der Waals surface area contributed by atoms with Gasteiger partial charge in [0.2, 0.25) is 0 Å². The van der Waals surface area contributed by atoms with Gasteiger partial charge in [0.25, 0.3) is 0 Å². The Balaban J connectivity index is 2.02. The first-order valence-electron chi connectivity index (χ1n) is 5.38. The van der Waals surface area contributed by atoms with Crippen LogP contribution in [0.5, 0.6) is 0 Å². The summed E-state index contributed by atoms with van der Waals surface area (Å²) >= 11 is 0. The summed E-state index contributed by atoms with van der Waals surface area (Å²) in [5.74, 6) is 1.70. The minimum absolute atomic E-state index is 0.706. The van der Waals surface area contributed by atoms with Gasteiger partial charge in [0.05, 0.1) is 0 Å². The molecule has 2 aromatic heterocycles. The zero-order valence-electron chi connectivity index (χ0n) is 9.96. The van der Waals surface area contributed by atoms with Crippen molar-refractivity contribution in [1.82, 2.24) is 15.0 Å². The molecule has 2 aromatic rings. The normalized spacial score (nSPS) is 10.0. The van der Waals surface area contributed by atoms with Crippen LogP contribution in [0.25, 0.3) is 0 Å². The van der Waals surface area contributed by atoms with E-state index >= 15 is 0 Å². The molecule has 2 rings (SSSR count). The van der Waals surface area contributed by atoms with Crippen LogP contribution in [0.1, 0.15) is 5.56 Å². The van der Waals surface area contributed by atoms with Crippen molar-refractivity contribution in [3.05, 3.63) is 42.5 Å². The molecule has 0 fully saturated rings. The second-order valence-corrected chi connectivity index (χ2v) is 3.87. The predicted octanol–water partition coefficient (Wildman–Crippen LogP) is 1.55. The Morgan fingerprint density at radius 2 is 2.18 bits per heavy atom. The molecule has 2 heterocycles. The van der Waals surface area contributed by atoms with E-state index in [0.29, 0.717) is 6.54 Å². The molecular weight excluding hydrogens is 214 g/mol. The molecule has 0 atom stereocenters. The fourth-order valence-corrected chi connectivity index (χ4v) is 1.38. The van der Waals surface area contributed by atoms with Gasteiger partial charge in [0.15, 0.2) is 0 Å². The Morgan fingerprint density at radius 3 is 2.88 bits per heavy atom. The topological polar surface area (TPSA) is 53.9 Å². The second-order valence-electron chi connectivity index (χ2n) is 3.87. The van der Waals surface area contributed by atoms with Crippen LogP contribution in [-0.4, -0.2) is 29.0 Å². The van der Waals surface area contributed by atoms with Crippen LogP contribution < -0.4 is 10.2 Å². The van der Waals surface area contributed by atoms with Crippen LogP contribution in [-0.2, 0) is 6.54 Å². The number of nitrogens with one attached hydrogen (secondary N) is 1. The highest BCUT2D eigenvalue weighted by atomic mass is 15.2. The van der Waals surface area contributed by atoms with Crippen molar-refractivity contribution in [2.45, 2.75) is 6.54 Å². The Hall–Kier alpha value is -2.17. The molecule has 0 aliphatic carbocycles. The lowest BCUT2D eigenvalue weighted by atomic mass is 10.3. The van der Waals surface area contributed by atoms with Crippen LogP contribution in [0.4, 0.5) is 11.6 Å². The summed E-state index contributed by atoms with van der Waals surface area (Å²) in [5, 5.41) is 3.24. The highest BCUT2D eigenvalue weighted by Gasteiger charge is 2.00. The Kier molecular flexibility index (Phi) is 3.49. The van der Waals surface area contributed by atoms with Crippen molar-refractivity contribution >= 4 is 11.6 Å². The summed E-state index contributed by atoms with van der Waals surface area (Å²) in [6.07, 6.45) is 5.15. The lowest BCUT2D eigenvalue weighted by Crippen LogP contribution is -2.11. The monoisotopic (exact) mass is 229 g/mol. The standard InChI is InChI=1S/C12H15N5/c1-17(2)12-6-11(15-9-16-12)14-8-10-4-3-5-13-7-10/h3-7,9H,8H2,1-2H3,(H,14,15,16). The highest BCUT2D eigenvalue weighted by molar-refractivity contribution is 5.47. The van der Waals surface area contributed by atoms with E-state index in [2.05, 4.69) is 20.3 Å². The molecule has 0 saturated carbocycles. The van der Waals surface area contributed by atoms with Gasteiger partial charge in [-0.25, -0.2) is 9.97 Å². The van der Waals surface area contributed by atoms with Gasteiger partial charge in [0, 0.05) is 39.1 Å². The second kappa shape index (κ2) is 5.25. The maximum absolute atomic E-state index is 4.17. The van der Waals surface area contributed by atoms with Crippen LogP contribution in [0.15, 0.2) is 36.9 Å². The van der Waals surface area contributed by atoms with Crippen molar-refractivity contribution in [2.24, 2.45) is 0 Å². The van der Waals surface area contributed by atoms with Crippen LogP contribution >= 0.6 is 0 Å². The molecule has 17 heavy (non-hydrogen) atoms. The van der Waals surface area contributed by atoms with Gasteiger partial charge in [-0.15, -0.1) is 0 Å². The zero-order valence-corrected chi connectivity index (χ0v) is 9.96. The molecule has 0 unspecified atom stereocenters. The summed E-state index contributed by atoms with van der Waals surface area (Å²) < 4.78 is 0. The lowest BCUT2D eigenvalue weighted by Gasteiger charge is -2.12. The van der Waals surface area contributed by atoms with Crippen molar-refractivity contribution in [3.63, 3.8) is 0 Å². The van der Waals surface area contributed by atoms with Gasteiger partial charge < -0.3 is 10.2 Å². The number of rotatable bonds is 4. The van der Waals surface area contributed by atoms with Crippen molar-refractivity contribution in [2.75, 3.05) is 24.3 Å². The van der Waals surface area contributed by atoms with Gasteiger partial charge in [0.1, 0.15) is 18.0 Å². The van der Waals surface area contributed by atoms with E-state index in [1.54, 1.807) is 12.5 Å². The smallest absolute Gasteiger partial charge is 0.133 e. The van der Waals surface area contributed by atoms with Gasteiger partial charge in [-0.3, -0.25) is 4.98 Å². The Labute approximate surface area is 101 Å². The fourth-order valence-electron chi connectivity index (χ4n) is 1.38. The molecule has 0 aliphatic rings. The molecule has 5 nitrogen and oxygen atoms in total. The largest absolute Gasteiger partial charge is 0.366 e. The third-order valence-electron chi connectivity index (χ3n) is 2.31. The molecule has 0 amide bonds. The molecule has 5 heteroatoms. The first-order valence-corrected chi connectivity index (χ1v) is 5.38. The quantitative estimate of drug-likeness (QED) is 0.862. The molecule has 0 radical (unpaired) electrons. The van der Waals surface area contributed by atoms with Crippen LogP contribution in [0.2, 0.25) is 0 Å². The number of hydrogen-bond donors (Lipinski definition) is 1. The van der Waals surface area contributed by atoms with Crippen LogP contribution in [0, 0.1) is 0 Å². The van der Waals surface area contributed by atoms with E-state index in [4.69, 9.17) is 0 Å². The number of nitrogens with zero attached hydrogens (tertiary/aromatic N) is 4. The Bertz CT molecular complexity index is 469. The molecule has 0 spiro atoms. The molecule has 88 valence electrons. The van der Waals surface area contributed by atoms with Crippen molar-refractivity contribution < 1.29 is 0 Å².